The number of aryl methyl sites for hydroxylation is 8. The quantitative estimate of drug-likeness (QED) is 0.0713. The molecule has 0 N–H and O–H groups in total. The molecule has 0 aromatic heterocycles. The molecule has 0 saturated heterocycles. The molecule has 5 nitrogen and oxygen atoms in total. The van der Waals surface area contributed by atoms with Crippen molar-refractivity contribution < 1.29 is 14.3 Å². The summed E-state index contributed by atoms with van der Waals surface area (Å²) in [7, 11) is 1.78. The topological polar surface area (TPSA) is 42.0 Å². The van der Waals surface area contributed by atoms with Crippen molar-refractivity contribution in [1.82, 2.24) is 0 Å². The number of benzene rings is 8. The fraction of sp³-hybridized carbons (Fsp3) is 0.246. The van der Waals surface area contributed by atoms with E-state index in [1.165, 1.54) is 63.4 Å². The highest BCUT2D eigenvalue weighted by atomic mass is 16.5. The van der Waals surface area contributed by atoms with Crippen LogP contribution in [0.15, 0.2) is 182 Å². The second-order valence-corrected chi connectivity index (χ2v) is 19.4. The van der Waals surface area contributed by atoms with Gasteiger partial charge in [-0.3, -0.25) is 4.79 Å². The fourth-order valence-electron chi connectivity index (χ4n) is 10.3. The maximum absolute atomic E-state index is 12.5. The van der Waals surface area contributed by atoms with Gasteiger partial charge in [-0.1, -0.05) is 139 Å². The summed E-state index contributed by atoms with van der Waals surface area (Å²) >= 11 is 0. The number of nitrogens with zero attached hydrogens (tertiary/aromatic N) is 2. The van der Waals surface area contributed by atoms with Crippen LogP contribution in [0.4, 0.5) is 34.1 Å². The van der Waals surface area contributed by atoms with Gasteiger partial charge in [0.2, 0.25) is 0 Å². The number of rotatable bonds is 16. The van der Waals surface area contributed by atoms with Gasteiger partial charge in [0, 0.05) is 46.5 Å². The monoisotopic (exact) mass is 923 g/mol. The zero-order valence-corrected chi connectivity index (χ0v) is 41.8. The van der Waals surface area contributed by atoms with Crippen LogP contribution in [0.3, 0.4) is 0 Å². The number of carbonyl (C=O) groups excluding carboxylic acids is 1. The highest BCUT2D eigenvalue weighted by Crippen LogP contribution is 2.47. The van der Waals surface area contributed by atoms with Crippen LogP contribution in [0.2, 0.25) is 0 Å². The summed E-state index contributed by atoms with van der Waals surface area (Å²) in [6, 6.07) is 66.4. The molecule has 354 valence electrons. The summed E-state index contributed by atoms with van der Waals surface area (Å²) in [5.74, 6) is 1.27. The van der Waals surface area contributed by atoms with E-state index in [1.807, 2.05) is 6.07 Å². The molecule has 9 rings (SSSR count). The fourth-order valence-corrected chi connectivity index (χ4v) is 10.3. The molecule has 0 aliphatic heterocycles. The van der Waals surface area contributed by atoms with E-state index < -0.39 is 0 Å². The van der Waals surface area contributed by atoms with Crippen LogP contribution in [0.1, 0.15) is 94.7 Å². The van der Waals surface area contributed by atoms with Crippen LogP contribution < -0.4 is 19.3 Å². The Morgan fingerprint density at radius 1 is 0.429 bits per heavy atom. The predicted octanol–water partition coefficient (Wildman–Crippen LogP) is 16.6. The Hall–Kier alpha value is -7.37. The summed E-state index contributed by atoms with van der Waals surface area (Å²) in [6.07, 6.45) is 8.96. The lowest BCUT2D eigenvalue weighted by atomic mass is 9.64. The highest BCUT2D eigenvalue weighted by Gasteiger charge is 2.37. The minimum absolute atomic E-state index is 0.170. The van der Waals surface area contributed by atoms with Gasteiger partial charge in [-0.15, -0.1) is 0 Å². The minimum atomic E-state index is -0.303. The molecule has 0 radical (unpaired) electrons. The lowest BCUT2D eigenvalue weighted by Gasteiger charge is -2.39. The number of methoxy groups -OCH3 is 1. The lowest BCUT2D eigenvalue weighted by Crippen LogP contribution is -2.31. The SMILES string of the molecule is COc1ccc(C2(c3ccc(OC(C)=O)c(CCc4ccc(N(c5ccc(C)cc5)c5ccc(C)cc5)cc4)c3)CCCCC2)cc1CCc1ccc(N(c2ccc(C)cc2)c2ccc(C)cc2)cc1. The first kappa shape index (κ1) is 47.7. The average molecular weight is 923 g/mol. The van der Waals surface area contributed by atoms with E-state index in [9.17, 15) is 4.79 Å². The molecule has 8 aromatic rings. The van der Waals surface area contributed by atoms with Gasteiger partial charge in [0.05, 0.1) is 7.11 Å². The zero-order chi connectivity index (χ0) is 48.6. The number of esters is 1. The zero-order valence-electron chi connectivity index (χ0n) is 41.8. The van der Waals surface area contributed by atoms with Crippen molar-refractivity contribution in [2.24, 2.45) is 0 Å². The Bertz CT molecular complexity index is 2910. The Balaban J connectivity index is 0.964. The molecule has 0 unspecified atom stereocenters. The first-order chi connectivity index (χ1) is 34.0. The van der Waals surface area contributed by atoms with Crippen LogP contribution in [-0.2, 0) is 35.9 Å². The minimum Gasteiger partial charge on any atom is -0.496 e. The number of anilines is 6. The molecule has 0 spiro atoms. The summed E-state index contributed by atoms with van der Waals surface area (Å²) in [5.41, 5.74) is 19.0. The van der Waals surface area contributed by atoms with Crippen molar-refractivity contribution >= 4 is 40.1 Å². The van der Waals surface area contributed by atoms with Crippen LogP contribution in [0, 0.1) is 27.7 Å². The molecular formula is C65H66N2O3. The molecule has 5 heteroatoms. The second kappa shape index (κ2) is 21.5. The molecule has 0 amide bonds. The molecule has 1 saturated carbocycles. The van der Waals surface area contributed by atoms with E-state index in [4.69, 9.17) is 9.47 Å². The largest absolute Gasteiger partial charge is 0.496 e. The van der Waals surface area contributed by atoms with Gasteiger partial charge in [0.15, 0.2) is 0 Å². The molecule has 0 atom stereocenters. The Labute approximate surface area is 416 Å². The third-order valence-corrected chi connectivity index (χ3v) is 14.3. The van der Waals surface area contributed by atoms with Crippen molar-refractivity contribution in [3.8, 4) is 11.5 Å². The van der Waals surface area contributed by atoms with Crippen LogP contribution in [-0.4, -0.2) is 13.1 Å². The highest BCUT2D eigenvalue weighted by molar-refractivity contribution is 5.78. The summed E-state index contributed by atoms with van der Waals surface area (Å²) < 4.78 is 12.0. The molecule has 1 aliphatic rings. The van der Waals surface area contributed by atoms with E-state index in [1.54, 1.807) is 7.11 Å². The number of carbonyl (C=O) groups is 1. The van der Waals surface area contributed by atoms with Crippen molar-refractivity contribution in [1.29, 1.82) is 0 Å². The second-order valence-electron chi connectivity index (χ2n) is 19.4. The predicted molar refractivity (Wildman–Crippen MR) is 291 cm³/mol. The third-order valence-electron chi connectivity index (χ3n) is 14.3. The van der Waals surface area contributed by atoms with Gasteiger partial charge in [0.1, 0.15) is 11.5 Å². The Kier molecular flexibility index (Phi) is 14.7. The molecule has 8 aromatic carbocycles. The molecular weight excluding hydrogens is 857 g/mol. The normalized spacial score (nSPS) is 13.1. The van der Waals surface area contributed by atoms with Gasteiger partial charge < -0.3 is 19.3 Å². The maximum Gasteiger partial charge on any atom is 0.308 e. The van der Waals surface area contributed by atoms with Crippen molar-refractivity contribution in [2.75, 3.05) is 16.9 Å². The molecule has 0 heterocycles. The number of hydrogen-bond acceptors (Lipinski definition) is 5. The summed E-state index contributed by atoms with van der Waals surface area (Å²) in [5, 5.41) is 0. The van der Waals surface area contributed by atoms with Gasteiger partial charge in [0.25, 0.3) is 0 Å². The molecule has 70 heavy (non-hydrogen) atoms. The standard InChI is InChI=1S/C65H66N2O3/c1-46-10-28-57(29-11-46)66(58-30-12-47(2)13-31-58)61-36-20-51(21-37-61)18-24-53-44-55(26-40-63(53)69-6)65(42-8-7-9-43-65)56-27-41-64(70-50(5)68)54(45-56)25-19-52-22-38-62(39-23-52)67(59-32-14-48(3)15-33-59)60-34-16-49(4)17-35-60/h10-17,20-23,26-41,44-45H,7-9,18-19,24-25,42-43H2,1-6H3. The van der Waals surface area contributed by atoms with Crippen molar-refractivity contribution in [3.63, 3.8) is 0 Å². The smallest absolute Gasteiger partial charge is 0.308 e. The van der Waals surface area contributed by atoms with E-state index >= 15 is 0 Å². The Morgan fingerprint density at radius 2 is 0.757 bits per heavy atom. The van der Waals surface area contributed by atoms with Gasteiger partial charge in [-0.25, -0.2) is 0 Å². The maximum atomic E-state index is 12.5. The Morgan fingerprint density at radius 3 is 1.10 bits per heavy atom. The van der Waals surface area contributed by atoms with Gasteiger partial charge in [-0.05, 0) is 185 Å². The van der Waals surface area contributed by atoms with Gasteiger partial charge in [-0.2, -0.15) is 0 Å². The first-order valence-electron chi connectivity index (χ1n) is 25.1. The lowest BCUT2D eigenvalue weighted by molar-refractivity contribution is -0.131. The van der Waals surface area contributed by atoms with E-state index in [0.29, 0.717) is 5.75 Å². The first-order valence-corrected chi connectivity index (χ1v) is 25.1. The van der Waals surface area contributed by atoms with E-state index in [-0.39, 0.29) is 11.4 Å². The van der Waals surface area contributed by atoms with Crippen LogP contribution in [0.5, 0.6) is 11.5 Å². The van der Waals surface area contributed by atoms with Gasteiger partial charge >= 0.3 is 5.97 Å². The number of hydrogen-bond donors (Lipinski definition) is 0. The van der Waals surface area contributed by atoms with E-state index in [2.05, 4.69) is 213 Å². The number of ether oxygens (including phenoxy) is 2. The van der Waals surface area contributed by atoms with E-state index in [0.717, 1.165) is 96.8 Å². The van der Waals surface area contributed by atoms with Crippen LogP contribution in [0.25, 0.3) is 0 Å². The molecule has 0 bridgehead atoms. The average Bonchev–Trinajstić information content (AvgIpc) is 3.38. The third kappa shape index (κ3) is 10.9. The summed E-state index contributed by atoms with van der Waals surface area (Å²) in [6.45, 7) is 10.00. The van der Waals surface area contributed by atoms with Crippen molar-refractivity contribution in [3.05, 3.63) is 238 Å². The summed E-state index contributed by atoms with van der Waals surface area (Å²) in [4.78, 5) is 17.1. The molecule has 1 aliphatic carbocycles. The molecule has 1 fully saturated rings. The van der Waals surface area contributed by atoms with Crippen molar-refractivity contribution in [2.45, 2.75) is 97.8 Å². The van der Waals surface area contributed by atoms with Crippen LogP contribution >= 0.6 is 0 Å².